The van der Waals surface area contributed by atoms with E-state index in [9.17, 15) is 17.6 Å². The van der Waals surface area contributed by atoms with Crippen LogP contribution >= 0.6 is 0 Å². The van der Waals surface area contributed by atoms with Gasteiger partial charge in [0.15, 0.2) is 9.84 Å². The van der Waals surface area contributed by atoms with Gasteiger partial charge in [-0.1, -0.05) is 6.07 Å². The second-order valence-corrected chi connectivity index (χ2v) is 7.21. The Bertz CT molecular complexity index is 598. The van der Waals surface area contributed by atoms with Gasteiger partial charge >= 0.3 is 0 Å². The molecule has 1 unspecified atom stereocenters. The number of rotatable bonds is 3. The van der Waals surface area contributed by atoms with Crippen molar-refractivity contribution in [3.63, 3.8) is 0 Å². The maximum atomic E-state index is 13.1. The molecule has 104 valence electrons. The van der Waals surface area contributed by atoms with Gasteiger partial charge < -0.3 is 5.32 Å². The fourth-order valence-corrected chi connectivity index (χ4v) is 4.09. The number of halogens is 1. The molecule has 1 amide bonds. The van der Waals surface area contributed by atoms with Crippen molar-refractivity contribution in [1.82, 2.24) is 0 Å². The summed E-state index contributed by atoms with van der Waals surface area (Å²) in [4.78, 5) is 11.8. The second kappa shape index (κ2) is 5.28. The van der Waals surface area contributed by atoms with Gasteiger partial charge in [0, 0.05) is 12.1 Å². The predicted octanol–water partition coefficient (Wildman–Crippen LogP) is 1.90. The molecule has 1 aliphatic heterocycles. The molecule has 2 rings (SSSR count). The van der Waals surface area contributed by atoms with Gasteiger partial charge in [-0.25, -0.2) is 12.8 Å². The van der Waals surface area contributed by atoms with Crippen molar-refractivity contribution < 1.29 is 17.6 Å². The van der Waals surface area contributed by atoms with Gasteiger partial charge in [-0.15, -0.1) is 0 Å². The lowest BCUT2D eigenvalue weighted by Gasteiger charge is -2.10. The van der Waals surface area contributed by atoms with Crippen LogP contribution in [0.25, 0.3) is 0 Å². The molecule has 1 aromatic rings. The van der Waals surface area contributed by atoms with Crippen LogP contribution in [0.1, 0.15) is 18.4 Å². The Hall–Kier alpha value is -1.43. The third-order valence-corrected chi connectivity index (χ3v) is 5.11. The Balaban J connectivity index is 1.97. The number of nitrogens with one attached hydrogen (secondary N) is 1. The largest absolute Gasteiger partial charge is 0.326 e. The zero-order valence-electron chi connectivity index (χ0n) is 10.6. The highest BCUT2D eigenvalue weighted by atomic mass is 32.2. The molecule has 0 spiro atoms. The Morgan fingerprint density at radius 1 is 1.47 bits per heavy atom. The lowest BCUT2D eigenvalue weighted by molar-refractivity contribution is -0.116. The van der Waals surface area contributed by atoms with E-state index in [1.807, 2.05) is 0 Å². The van der Waals surface area contributed by atoms with Crippen LogP contribution in [0.3, 0.4) is 0 Å². The maximum Gasteiger partial charge on any atom is 0.224 e. The Kier molecular flexibility index (Phi) is 3.89. The average Bonchev–Trinajstić information content (AvgIpc) is 2.63. The lowest BCUT2D eigenvalue weighted by atomic mass is 10.0. The van der Waals surface area contributed by atoms with Gasteiger partial charge in [0.1, 0.15) is 5.82 Å². The first-order valence-electron chi connectivity index (χ1n) is 6.12. The molecule has 1 aromatic carbocycles. The molecule has 6 heteroatoms. The van der Waals surface area contributed by atoms with Gasteiger partial charge in [-0.2, -0.15) is 0 Å². The number of carbonyl (C=O) groups is 1. The summed E-state index contributed by atoms with van der Waals surface area (Å²) in [6, 6.07) is 4.18. The lowest BCUT2D eigenvalue weighted by Crippen LogP contribution is -2.18. The number of benzene rings is 1. The molecule has 0 aromatic heterocycles. The Labute approximate surface area is 111 Å². The molecule has 1 fully saturated rings. The molecular formula is C13H16FNO3S. The molecular weight excluding hydrogens is 269 g/mol. The van der Waals surface area contributed by atoms with E-state index in [-0.39, 0.29) is 29.8 Å². The van der Waals surface area contributed by atoms with Crippen molar-refractivity contribution in [3.05, 3.63) is 29.6 Å². The average molecular weight is 285 g/mol. The predicted molar refractivity (Wildman–Crippen MR) is 71.1 cm³/mol. The number of sulfone groups is 1. The van der Waals surface area contributed by atoms with Crippen LogP contribution in [0.15, 0.2) is 18.2 Å². The molecule has 1 aliphatic rings. The molecule has 0 aliphatic carbocycles. The van der Waals surface area contributed by atoms with E-state index in [0.29, 0.717) is 12.1 Å². The minimum Gasteiger partial charge on any atom is -0.326 e. The van der Waals surface area contributed by atoms with Gasteiger partial charge in [-0.3, -0.25) is 4.79 Å². The monoisotopic (exact) mass is 285 g/mol. The topological polar surface area (TPSA) is 63.2 Å². The van der Waals surface area contributed by atoms with E-state index in [4.69, 9.17) is 0 Å². The van der Waals surface area contributed by atoms with E-state index >= 15 is 0 Å². The van der Waals surface area contributed by atoms with Crippen LogP contribution in [-0.4, -0.2) is 25.8 Å². The molecule has 0 saturated carbocycles. The van der Waals surface area contributed by atoms with Gasteiger partial charge in [0.2, 0.25) is 5.91 Å². The van der Waals surface area contributed by atoms with Crippen molar-refractivity contribution in [2.75, 3.05) is 16.8 Å². The summed E-state index contributed by atoms with van der Waals surface area (Å²) in [5.74, 6) is -0.578. The summed E-state index contributed by atoms with van der Waals surface area (Å²) >= 11 is 0. The normalized spacial score (nSPS) is 21.3. The van der Waals surface area contributed by atoms with E-state index < -0.39 is 15.7 Å². The van der Waals surface area contributed by atoms with Crippen LogP contribution < -0.4 is 5.32 Å². The number of hydrogen-bond acceptors (Lipinski definition) is 3. The zero-order chi connectivity index (χ0) is 14.0. The summed E-state index contributed by atoms with van der Waals surface area (Å²) < 4.78 is 35.7. The molecule has 4 nitrogen and oxygen atoms in total. The highest BCUT2D eigenvalue weighted by Crippen LogP contribution is 2.23. The maximum absolute atomic E-state index is 13.1. The Morgan fingerprint density at radius 3 is 2.84 bits per heavy atom. The van der Waals surface area contributed by atoms with Crippen LogP contribution in [-0.2, 0) is 14.6 Å². The molecule has 1 heterocycles. The van der Waals surface area contributed by atoms with Crippen LogP contribution in [0.2, 0.25) is 0 Å². The van der Waals surface area contributed by atoms with Crippen molar-refractivity contribution in [3.8, 4) is 0 Å². The third-order valence-electron chi connectivity index (χ3n) is 3.27. The molecule has 1 atom stereocenters. The fourth-order valence-electron chi connectivity index (χ4n) is 2.23. The molecule has 0 radical (unpaired) electrons. The summed E-state index contributed by atoms with van der Waals surface area (Å²) in [5, 5.41) is 2.63. The van der Waals surface area contributed by atoms with E-state index in [0.717, 1.165) is 5.56 Å². The number of carbonyl (C=O) groups excluding carboxylic acids is 1. The van der Waals surface area contributed by atoms with Crippen LogP contribution in [0.5, 0.6) is 0 Å². The highest BCUT2D eigenvalue weighted by molar-refractivity contribution is 7.91. The minimum atomic E-state index is -2.97. The first-order valence-corrected chi connectivity index (χ1v) is 7.94. The number of amides is 1. The smallest absolute Gasteiger partial charge is 0.224 e. The standard InChI is InChI=1S/C13H16FNO3S/c1-9-2-3-11(14)7-12(9)15-13(16)6-10-4-5-19(17,18)8-10/h2-3,7,10H,4-6,8H2,1H3,(H,15,16). The van der Waals surface area contributed by atoms with Gasteiger partial charge in [-0.05, 0) is 37.0 Å². The first kappa shape index (κ1) is 14.0. The van der Waals surface area contributed by atoms with Crippen LogP contribution in [0.4, 0.5) is 10.1 Å². The SMILES string of the molecule is Cc1ccc(F)cc1NC(=O)CC1CCS(=O)(=O)C1. The number of anilines is 1. The molecule has 1 saturated heterocycles. The van der Waals surface area contributed by atoms with Crippen molar-refractivity contribution in [2.45, 2.75) is 19.8 Å². The Morgan fingerprint density at radius 2 is 2.21 bits per heavy atom. The molecule has 19 heavy (non-hydrogen) atoms. The number of aryl methyl sites for hydroxylation is 1. The number of hydrogen-bond donors (Lipinski definition) is 1. The van der Waals surface area contributed by atoms with Crippen molar-refractivity contribution in [2.24, 2.45) is 5.92 Å². The first-order chi connectivity index (χ1) is 8.85. The van der Waals surface area contributed by atoms with Gasteiger partial charge in [0.05, 0.1) is 11.5 Å². The van der Waals surface area contributed by atoms with E-state index in [2.05, 4.69) is 5.32 Å². The van der Waals surface area contributed by atoms with Crippen molar-refractivity contribution in [1.29, 1.82) is 0 Å². The van der Waals surface area contributed by atoms with Crippen LogP contribution in [0, 0.1) is 18.7 Å². The zero-order valence-corrected chi connectivity index (χ0v) is 11.5. The van der Waals surface area contributed by atoms with E-state index in [1.165, 1.54) is 12.1 Å². The second-order valence-electron chi connectivity index (χ2n) is 4.98. The summed E-state index contributed by atoms with van der Waals surface area (Å²) in [6.45, 7) is 1.77. The molecule has 0 bridgehead atoms. The highest BCUT2D eigenvalue weighted by Gasteiger charge is 2.29. The van der Waals surface area contributed by atoms with E-state index in [1.54, 1.807) is 13.0 Å². The van der Waals surface area contributed by atoms with Crippen molar-refractivity contribution >= 4 is 21.4 Å². The third kappa shape index (κ3) is 3.76. The minimum absolute atomic E-state index is 0.0720. The summed E-state index contributed by atoms with van der Waals surface area (Å²) in [6.07, 6.45) is 0.688. The fraction of sp³-hybridized carbons (Fsp3) is 0.462. The summed E-state index contributed by atoms with van der Waals surface area (Å²) in [5.41, 5.74) is 1.21. The molecule has 1 N–H and O–H groups in total. The van der Waals surface area contributed by atoms with Gasteiger partial charge in [0.25, 0.3) is 0 Å². The summed E-state index contributed by atoms with van der Waals surface area (Å²) in [7, 11) is -2.97. The quantitative estimate of drug-likeness (QED) is 0.922.